The Balaban J connectivity index is 2.17. The molecule has 0 amide bonds. The van der Waals surface area contributed by atoms with Gasteiger partial charge in [-0.05, 0) is 5.56 Å². The van der Waals surface area contributed by atoms with Crippen LogP contribution in [0.25, 0.3) is 0 Å². The van der Waals surface area contributed by atoms with Crippen molar-refractivity contribution in [3.8, 4) is 0 Å². The third kappa shape index (κ3) is 2.26. The van der Waals surface area contributed by atoms with Gasteiger partial charge in [-0.2, -0.15) is 0 Å². The molecule has 2 aromatic rings. The maximum atomic E-state index is 5.99. The van der Waals surface area contributed by atoms with E-state index >= 15 is 0 Å². The highest BCUT2D eigenvalue weighted by Crippen LogP contribution is 2.17. The predicted molar refractivity (Wildman–Crippen MR) is 57.5 cm³/mol. The van der Waals surface area contributed by atoms with Gasteiger partial charge in [-0.3, -0.25) is 0 Å². The molecule has 0 saturated heterocycles. The van der Waals surface area contributed by atoms with Crippen molar-refractivity contribution in [1.29, 1.82) is 0 Å². The zero-order valence-corrected chi connectivity index (χ0v) is 8.96. The zero-order chi connectivity index (χ0) is 11.4. The summed E-state index contributed by atoms with van der Waals surface area (Å²) in [4.78, 5) is 0. The molecule has 0 aliphatic heterocycles. The number of rotatable bonds is 4. The van der Waals surface area contributed by atoms with Crippen molar-refractivity contribution in [2.45, 2.75) is 12.6 Å². The lowest BCUT2D eigenvalue weighted by Crippen LogP contribution is -2.11. The lowest BCUT2D eigenvalue weighted by molar-refractivity contribution is 0.157. The topological polar surface area (TPSA) is 74.2 Å². The molecule has 2 rings (SSSR count). The fourth-order valence-corrected chi connectivity index (χ4v) is 1.38. The Morgan fingerprint density at radius 3 is 2.75 bits per heavy atom. The first-order valence-electron chi connectivity index (χ1n) is 4.93. The molecule has 1 aromatic carbocycles. The zero-order valence-electron chi connectivity index (χ0n) is 8.96. The van der Waals surface area contributed by atoms with Crippen molar-refractivity contribution in [2.75, 3.05) is 7.11 Å². The molecule has 5 nitrogen and oxygen atoms in total. The molecule has 1 unspecified atom stereocenters. The molecule has 1 atom stereocenters. The Bertz CT molecular complexity index is 442. The number of hydrogen-bond donors (Lipinski definition) is 1. The van der Waals surface area contributed by atoms with Gasteiger partial charge in [-0.1, -0.05) is 30.3 Å². The molecule has 0 spiro atoms. The van der Waals surface area contributed by atoms with Gasteiger partial charge in [0.05, 0.1) is 0 Å². The van der Waals surface area contributed by atoms with Gasteiger partial charge in [0.15, 0.2) is 0 Å². The van der Waals surface area contributed by atoms with E-state index in [0.29, 0.717) is 18.4 Å². The SMILES string of the molecule is COCc1nnc(C(N)c2ccccc2)o1. The molecule has 0 bridgehead atoms. The predicted octanol–water partition coefficient (Wildman–Crippen LogP) is 1.26. The van der Waals surface area contributed by atoms with Gasteiger partial charge in [-0.15, -0.1) is 10.2 Å². The first-order chi connectivity index (χ1) is 7.81. The van der Waals surface area contributed by atoms with Crippen molar-refractivity contribution >= 4 is 0 Å². The van der Waals surface area contributed by atoms with Crippen LogP contribution in [0.3, 0.4) is 0 Å². The maximum absolute atomic E-state index is 5.99. The van der Waals surface area contributed by atoms with Crippen molar-refractivity contribution in [2.24, 2.45) is 5.73 Å². The number of aromatic nitrogens is 2. The highest BCUT2D eigenvalue weighted by molar-refractivity contribution is 5.22. The molecule has 2 N–H and O–H groups in total. The molecule has 0 aliphatic carbocycles. The molecule has 1 aromatic heterocycles. The second-order valence-corrected chi connectivity index (χ2v) is 3.36. The van der Waals surface area contributed by atoms with Gasteiger partial charge in [0.2, 0.25) is 11.8 Å². The van der Waals surface area contributed by atoms with Crippen LogP contribution in [0.5, 0.6) is 0 Å². The van der Waals surface area contributed by atoms with Gasteiger partial charge < -0.3 is 14.9 Å². The largest absolute Gasteiger partial charge is 0.421 e. The standard InChI is InChI=1S/C11H13N3O2/c1-15-7-9-13-14-11(16-9)10(12)8-5-3-2-4-6-8/h2-6,10H,7,12H2,1H3. The third-order valence-electron chi connectivity index (χ3n) is 2.18. The normalized spacial score (nSPS) is 12.6. The summed E-state index contributed by atoms with van der Waals surface area (Å²) < 4.78 is 10.3. The highest BCUT2D eigenvalue weighted by Gasteiger charge is 2.15. The van der Waals surface area contributed by atoms with E-state index in [-0.39, 0.29) is 6.04 Å². The molecule has 84 valence electrons. The van der Waals surface area contributed by atoms with Crippen LogP contribution in [-0.2, 0) is 11.3 Å². The molecule has 1 heterocycles. The van der Waals surface area contributed by atoms with Crippen molar-refractivity contribution < 1.29 is 9.15 Å². The molecule has 0 saturated carbocycles. The van der Waals surface area contributed by atoms with Crippen LogP contribution >= 0.6 is 0 Å². The molecule has 0 fully saturated rings. The summed E-state index contributed by atoms with van der Waals surface area (Å²) in [6.45, 7) is 0.300. The van der Waals surface area contributed by atoms with E-state index in [2.05, 4.69) is 10.2 Å². The lowest BCUT2D eigenvalue weighted by atomic mass is 10.1. The summed E-state index contributed by atoms with van der Waals surface area (Å²) in [7, 11) is 1.57. The number of nitrogens with two attached hydrogens (primary N) is 1. The second kappa shape index (κ2) is 4.87. The van der Waals surface area contributed by atoms with Crippen LogP contribution in [0.2, 0.25) is 0 Å². The summed E-state index contributed by atoms with van der Waals surface area (Å²) in [6.07, 6.45) is 0. The van der Waals surface area contributed by atoms with Crippen LogP contribution in [-0.4, -0.2) is 17.3 Å². The quantitative estimate of drug-likeness (QED) is 0.838. The summed E-state index contributed by atoms with van der Waals surface area (Å²) >= 11 is 0. The van der Waals surface area contributed by atoms with Crippen LogP contribution in [0.4, 0.5) is 0 Å². The fourth-order valence-electron chi connectivity index (χ4n) is 1.38. The average Bonchev–Trinajstić information content (AvgIpc) is 2.78. The lowest BCUT2D eigenvalue weighted by Gasteiger charge is -2.06. The fraction of sp³-hybridized carbons (Fsp3) is 0.273. The van der Waals surface area contributed by atoms with E-state index in [0.717, 1.165) is 5.56 Å². The molecular formula is C11H13N3O2. The number of nitrogens with zero attached hydrogens (tertiary/aromatic N) is 2. The minimum atomic E-state index is -0.390. The Morgan fingerprint density at radius 2 is 2.06 bits per heavy atom. The van der Waals surface area contributed by atoms with E-state index in [1.54, 1.807) is 7.11 Å². The molecule has 0 aliphatic rings. The number of benzene rings is 1. The first kappa shape index (κ1) is 10.8. The summed E-state index contributed by atoms with van der Waals surface area (Å²) in [5.74, 6) is 0.835. The van der Waals surface area contributed by atoms with E-state index < -0.39 is 0 Å². The van der Waals surface area contributed by atoms with E-state index in [9.17, 15) is 0 Å². The van der Waals surface area contributed by atoms with E-state index in [1.807, 2.05) is 30.3 Å². The highest BCUT2D eigenvalue weighted by atomic mass is 16.5. The third-order valence-corrected chi connectivity index (χ3v) is 2.18. The summed E-state index contributed by atoms with van der Waals surface area (Å²) in [5, 5.41) is 7.72. The van der Waals surface area contributed by atoms with E-state index in [4.69, 9.17) is 14.9 Å². The smallest absolute Gasteiger partial charge is 0.242 e. The van der Waals surface area contributed by atoms with Crippen molar-refractivity contribution in [3.63, 3.8) is 0 Å². The van der Waals surface area contributed by atoms with Crippen molar-refractivity contribution in [3.05, 3.63) is 47.7 Å². The van der Waals surface area contributed by atoms with Crippen LogP contribution < -0.4 is 5.73 Å². The minimum absolute atomic E-state index is 0.300. The summed E-state index contributed by atoms with van der Waals surface area (Å²) in [5.41, 5.74) is 6.93. The molecular weight excluding hydrogens is 206 g/mol. The van der Waals surface area contributed by atoms with Gasteiger partial charge in [0.1, 0.15) is 12.6 Å². The van der Waals surface area contributed by atoms with Crippen molar-refractivity contribution in [1.82, 2.24) is 10.2 Å². The first-order valence-corrected chi connectivity index (χ1v) is 4.93. The van der Waals surface area contributed by atoms with Gasteiger partial charge in [-0.25, -0.2) is 0 Å². The monoisotopic (exact) mass is 219 g/mol. The molecule has 16 heavy (non-hydrogen) atoms. The van der Waals surface area contributed by atoms with E-state index in [1.165, 1.54) is 0 Å². The Morgan fingerprint density at radius 1 is 1.31 bits per heavy atom. The molecule has 5 heteroatoms. The minimum Gasteiger partial charge on any atom is -0.421 e. The number of hydrogen-bond acceptors (Lipinski definition) is 5. The van der Waals surface area contributed by atoms with Gasteiger partial charge in [0, 0.05) is 7.11 Å². The second-order valence-electron chi connectivity index (χ2n) is 3.36. The Hall–Kier alpha value is -1.72. The molecule has 0 radical (unpaired) electrons. The van der Waals surface area contributed by atoms with Crippen LogP contribution in [0.15, 0.2) is 34.7 Å². The Labute approximate surface area is 93.2 Å². The summed E-state index contributed by atoms with van der Waals surface area (Å²) in [6, 6.07) is 9.22. The van der Waals surface area contributed by atoms with Gasteiger partial charge >= 0.3 is 0 Å². The van der Waals surface area contributed by atoms with Gasteiger partial charge in [0.25, 0.3) is 0 Å². The number of methoxy groups -OCH3 is 1. The Kier molecular flexibility index (Phi) is 3.28. The average molecular weight is 219 g/mol. The van der Waals surface area contributed by atoms with Crippen LogP contribution in [0.1, 0.15) is 23.4 Å². The number of ether oxygens (including phenoxy) is 1. The maximum Gasteiger partial charge on any atom is 0.242 e. The van der Waals surface area contributed by atoms with Crippen LogP contribution in [0, 0.1) is 0 Å².